The summed E-state index contributed by atoms with van der Waals surface area (Å²) in [6.07, 6.45) is 4.43. The van der Waals surface area contributed by atoms with E-state index in [1.54, 1.807) is 12.1 Å². The zero-order valence-electron chi connectivity index (χ0n) is 25.0. The van der Waals surface area contributed by atoms with Gasteiger partial charge >= 0.3 is 11.9 Å². The Morgan fingerprint density at radius 3 is 2.38 bits per heavy atom. The van der Waals surface area contributed by atoms with E-state index in [9.17, 15) is 9.59 Å². The van der Waals surface area contributed by atoms with Gasteiger partial charge in [0.05, 0.1) is 24.3 Å². The summed E-state index contributed by atoms with van der Waals surface area (Å²) >= 11 is 0. The van der Waals surface area contributed by atoms with Crippen molar-refractivity contribution < 1.29 is 28.8 Å². The van der Waals surface area contributed by atoms with E-state index in [1.165, 1.54) is 7.11 Å². The van der Waals surface area contributed by atoms with Gasteiger partial charge in [-0.3, -0.25) is 0 Å². The number of nitrogens with one attached hydrogen (secondary N) is 2. The minimum Gasteiger partial charge on any atom is -0.466 e. The number of carbonyl (C=O) groups is 2. The highest BCUT2D eigenvalue weighted by molar-refractivity contribution is 6.00. The van der Waals surface area contributed by atoms with Crippen molar-refractivity contribution >= 4 is 34.3 Å². The Hall–Kier alpha value is -4.65. The number of carbonyl (C=O) groups excluding carboxylic acids is 2. The van der Waals surface area contributed by atoms with Crippen molar-refractivity contribution in [1.82, 2.24) is 0 Å². The standard InChI is InChI=1S/C35H34N2O5/c1-19-16-34(3,4)36-27-14-29-25(12-23(19)27)32(21-10-8-9-11-22(21)33(39)41-18-31(38)40-7)26-13-24-20(2)17-35(5,6)37-28(24)15-30(26)42-29/h8-17,36H,18H2,1-7H3/p+1. The number of methoxy groups -OCH3 is 1. The molecule has 214 valence electrons. The molecule has 3 aromatic rings. The fourth-order valence-electron chi connectivity index (χ4n) is 6.28. The van der Waals surface area contributed by atoms with Crippen molar-refractivity contribution in [3.05, 3.63) is 99.1 Å². The summed E-state index contributed by atoms with van der Waals surface area (Å²) < 4.78 is 16.7. The summed E-state index contributed by atoms with van der Waals surface area (Å²) in [5.74, 6) is 0.153. The Labute approximate surface area is 245 Å². The molecule has 0 unspecified atom stereocenters. The van der Waals surface area contributed by atoms with Gasteiger partial charge in [-0.25, -0.2) is 14.6 Å². The maximum Gasteiger partial charge on any atom is 0.344 e. The van der Waals surface area contributed by atoms with Crippen LogP contribution in [0, 0.1) is 0 Å². The van der Waals surface area contributed by atoms with E-state index >= 15 is 0 Å². The van der Waals surface area contributed by atoms with Crippen LogP contribution in [-0.2, 0) is 14.3 Å². The van der Waals surface area contributed by atoms with Crippen molar-refractivity contribution in [3.63, 3.8) is 0 Å². The second kappa shape index (κ2) is 9.72. The van der Waals surface area contributed by atoms with Crippen LogP contribution in [0.15, 0.2) is 60.7 Å². The highest BCUT2D eigenvalue weighted by atomic mass is 16.6. The lowest BCUT2D eigenvalue weighted by Crippen LogP contribution is -2.89. The second-order valence-corrected chi connectivity index (χ2v) is 12.3. The van der Waals surface area contributed by atoms with Crippen molar-refractivity contribution in [1.29, 1.82) is 0 Å². The van der Waals surface area contributed by atoms with Crippen molar-refractivity contribution in [2.24, 2.45) is 0 Å². The minimum atomic E-state index is -0.621. The predicted octanol–water partition coefficient (Wildman–Crippen LogP) is 3.87. The molecule has 0 saturated heterocycles. The zero-order valence-corrected chi connectivity index (χ0v) is 25.0. The molecule has 3 aliphatic heterocycles. The van der Waals surface area contributed by atoms with E-state index in [-0.39, 0.29) is 11.1 Å². The van der Waals surface area contributed by atoms with Crippen LogP contribution >= 0.6 is 0 Å². The van der Waals surface area contributed by atoms with Crippen LogP contribution in [0.1, 0.15) is 74.2 Å². The molecule has 2 N–H and O–H groups in total. The van der Waals surface area contributed by atoms with Gasteiger partial charge in [0.25, 0.3) is 0 Å². The number of hydrogen-bond donors (Lipinski definition) is 2. The smallest absolute Gasteiger partial charge is 0.344 e. The number of fused-ring (bicyclic) bond motifs is 4. The quantitative estimate of drug-likeness (QED) is 0.367. The number of hydrogen-bond acceptors (Lipinski definition) is 6. The Kier molecular flexibility index (Phi) is 6.37. The first-order chi connectivity index (χ1) is 19.9. The molecule has 7 nitrogen and oxygen atoms in total. The molecule has 0 spiro atoms. The molecule has 0 aromatic heterocycles. The fourth-order valence-corrected chi connectivity index (χ4v) is 6.28. The Bertz CT molecular complexity index is 1880. The SMILES string of the molecule is COC(=O)COC(=O)c1ccccc1C1=c2cc3c(cc2Oc2cc4c(cc21)C(C)=CC(C)(C)N4)=[NH+]C(C)(C)C=C3C. The molecule has 0 atom stereocenters. The highest BCUT2D eigenvalue weighted by Gasteiger charge is 2.31. The summed E-state index contributed by atoms with van der Waals surface area (Å²) in [4.78, 5) is 28.7. The first kappa shape index (κ1) is 27.5. The van der Waals surface area contributed by atoms with Crippen LogP contribution in [0.25, 0.3) is 16.7 Å². The summed E-state index contributed by atoms with van der Waals surface area (Å²) in [5.41, 5.74) is 7.79. The van der Waals surface area contributed by atoms with Gasteiger partial charge in [-0.2, -0.15) is 0 Å². The number of benzene rings is 3. The molecule has 0 saturated carbocycles. The molecule has 6 rings (SSSR count). The van der Waals surface area contributed by atoms with Crippen LogP contribution in [0.2, 0.25) is 0 Å². The van der Waals surface area contributed by atoms with Gasteiger partial charge in [-0.05, 0) is 68.7 Å². The lowest BCUT2D eigenvalue weighted by Gasteiger charge is -2.33. The molecule has 3 aliphatic rings. The van der Waals surface area contributed by atoms with Gasteiger partial charge in [0.15, 0.2) is 12.1 Å². The topological polar surface area (TPSA) is 87.8 Å². The number of ether oxygens (including phenoxy) is 3. The van der Waals surface area contributed by atoms with Crippen molar-refractivity contribution in [2.75, 3.05) is 19.0 Å². The number of allylic oxidation sites excluding steroid dienone is 2. The Balaban J connectivity index is 1.65. The third-order valence-corrected chi connectivity index (χ3v) is 7.88. The zero-order chi connectivity index (χ0) is 30.0. The van der Waals surface area contributed by atoms with Gasteiger partial charge < -0.3 is 19.5 Å². The van der Waals surface area contributed by atoms with E-state index < -0.39 is 18.5 Å². The average Bonchev–Trinajstić information content (AvgIpc) is 2.91. The third kappa shape index (κ3) is 4.79. The van der Waals surface area contributed by atoms with Gasteiger partial charge in [-0.15, -0.1) is 0 Å². The summed E-state index contributed by atoms with van der Waals surface area (Å²) in [6.45, 7) is 12.3. The highest BCUT2D eigenvalue weighted by Crippen LogP contribution is 2.44. The van der Waals surface area contributed by atoms with E-state index in [4.69, 9.17) is 9.47 Å². The first-order valence-electron chi connectivity index (χ1n) is 14.1. The third-order valence-electron chi connectivity index (χ3n) is 7.88. The first-order valence-corrected chi connectivity index (χ1v) is 14.1. The van der Waals surface area contributed by atoms with Crippen LogP contribution in [0.5, 0.6) is 11.5 Å². The van der Waals surface area contributed by atoms with E-state index in [2.05, 4.69) is 80.9 Å². The summed E-state index contributed by atoms with van der Waals surface area (Å²) in [7, 11) is 1.26. The van der Waals surface area contributed by atoms with Crippen LogP contribution in [0.3, 0.4) is 0 Å². The molecular formula is C35H35N2O5+. The molecular weight excluding hydrogens is 528 g/mol. The van der Waals surface area contributed by atoms with E-state index in [1.807, 2.05) is 24.3 Å². The van der Waals surface area contributed by atoms with E-state index in [0.29, 0.717) is 22.6 Å². The van der Waals surface area contributed by atoms with Crippen LogP contribution in [-0.4, -0.2) is 36.7 Å². The van der Waals surface area contributed by atoms with E-state index in [0.717, 1.165) is 49.7 Å². The normalized spacial score (nSPS) is 17.0. The van der Waals surface area contributed by atoms with Gasteiger partial charge in [0, 0.05) is 53.1 Å². The van der Waals surface area contributed by atoms with Crippen molar-refractivity contribution in [3.8, 4) is 11.5 Å². The van der Waals surface area contributed by atoms with Crippen LogP contribution in [0.4, 0.5) is 5.69 Å². The van der Waals surface area contributed by atoms with Gasteiger partial charge in [0.2, 0.25) is 5.36 Å². The number of anilines is 1. The Morgan fingerprint density at radius 1 is 0.881 bits per heavy atom. The number of rotatable bonds is 4. The molecule has 0 radical (unpaired) electrons. The largest absolute Gasteiger partial charge is 0.466 e. The molecule has 0 aliphatic carbocycles. The maximum absolute atomic E-state index is 13.4. The van der Waals surface area contributed by atoms with Crippen molar-refractivity contribution in [2.45, 2.75) is 52.6 Å². The summed E-state index contributed by atoms with van der Waals surface area (Å²) in [5, 5.41) is 5.48. The molecule has 7 heteroatoms. The van der Waals surface area contributed by atoms with Gasteiger partial charge in [-0.1, -0.05) is 24.3 Å². The second-order valence-electron chi connectivity index (χ2n) is 12.3. The summed E-state index contributed by atoms with van der Waals surface area (Å²) in [6, 6.07) is 15.7. The lowest BCUT2D eigenvalue weighted by molar-refractivity contribution is -0.568. The minimum absolute atomic E-state index is 0.209. The molecule has 42 heavy (non-hydrogen) atoms. The maximum atomic E-state index is 13.4. The average molecular weight is 564 g/mol. The monoisotopic (exact) mass is 563 g/mol. The Morgan fingerprint density at radius 2 is 1.62 bits per heavy atom. The predicted molar refractivity (Wildman–Crippen MR) is 162 cm³/mol. The molecule has 3 aromatic carbocycles. The number of esters is 2. The molecule has 0 fully saturated rings. The molecule has 0 bridgehead atoms. The lowest BCUT2D eigenvalue weighted by atomic mass is 9.84. The van der Waals surface area contributed by atoms with Gasteiger partial charge in [0.1, 0.15) is 11.5 Å². The van der Waals surface area contributed by atoms with Crippen LogP contribution < -0.4 is 25.6 Å². The molecule has 3 heterocycles. The fraction of sp³-hybridized carbons (Fsp3) is 0.286. The molecule has 0 amide bonds.